The van der Waals surface area contributed by atoms with Crippen LogP contribution in [0.2, 0.25) is 0 Å². The molecule has 16 heavy (non-hydrogen) atoms. The number of aliphatic hydroxyl groups is 1. The highest BCUT2D eigenvalue weighted by atomic mass is 16.3. The van der Waals surface area contributed by atoms with Gasteiger partial charge >= 0.3 is 0 Å². The molecule has 2 N–H and O–H groups in total. The summed E-state index contributed by atoms with van der Waals surface area (Å²) in [5, 5.41) is 12.9. The SMILES string of the molecule is CCCC(O)CNCc1cccn1CCC. The van der Waals surface area contributed by atoms with Crippen LogP contribution in [0.15, 0.2) is 18.3 Å². The summed E-state index contributed by atoms with van der Waals surface area (Å²) in [5.41, 5.74) is 1.30. The van der Waals surface area contributed by atoms with Gasteiger partial charge in [-0.1, -0.05) is 20.3 Å². The molecule has 0 radical (unpaired) electrons. The van der Waals surface area contributed by atoms with Crippen molar-refractivity contribution in [3.8, 4) is 0 Å². The lowest BCUT2D eigenvalue weighted by Gasteiger charge is -2.12. The summed E-state index contributed by atoms with van der Waals surface area (Å²) < 4.78 is 2.26. The minimum Gasteiger partial charge on any atom is -0.392 e. The Kier molecular flexibility index (Phi) is 6.19. The van der Waals surface area contributed by atoms with Crippen LogP contribution in [0.5, 0.6) is 0 Å². The number of aryl methyl sites for hydroxylation is 1. The van der Waals surface area contributed by atoms with Crippen molar-refractivity contribution in [2.45, 2.75) is 52.3 Å². The number of hydrogen-bond acceptors (Lipinski definition) is 2. The lowest BCUT2D eigenvalue weighted by atomic mass is 10.2. The molecule has 1 aromatic heterocycles. The van der Waals surface area contributed by atoms with E-state index in [0.717, 1.165) is 32.4 Å². The minimum absolute atomic E-state index is 0.209. The van der Waals surface area contributed by atoms with E-state index < -0.39 is 0 Å². The zero-order valence-electron chi connectivity index (χ0n) is 10.4. The Morgan fingerprint density at radius 1 is 1.38 bits per heavy atom. The second-order valence-electron chi connectivity index (χ2n) is 4.27. The first kappa shape index (κ1) is 13.3. The maximum atomic E-state index is 9.58. The molecule has 3 heteroatoms. The number of aliphatic hydroxyl groups excluding tert-OH is 1. The fourth-order valence-electron chi connectivity index (χ4n) is 1.87. The van der Waals surface area contributed by atoms with Gasteiger partial charge in [0.25, 0.3) is 0 Å². The summed E-state index contributed by atoms with van der Waals surface area (Å²) in [6.45, 7) is 6.87. The summed E-state index contributed by atoms with van der Waals surface area (Å²) in [6.07, 6.45) is 4.97. The third-order valence-corrected chi connectivity index (χ3v) is 2.70. The molecule has 0 saturated carbocycles. The van der Waals surface area contributed by atoms with Crippen molar-refractivity contribution < 1.29 is 5.11 Å². The summed E-state index contributed by atoms with van der Waals surface area (Å²) in [7, 11) is 0. The van der Waals surface area contributed by atoms with E-state index in [2.05, 4.69) is 42.1 Å². The van der Waals surface area contributed by atoms with Gasteiger partial charge in [-0.3, -0.25) is 0 Å². The van der Waals surface area contributed by atoms with Crippen molar-refractivity contribution in [1.29, 1.82) is 0 Å². The molecule has 1 heterocycles. The molecule has 1 aromatic rings. The Balaban J connectivity index is 2.28. The van der Waals surface area contributed by atoms with E-state index in [4.69, 9.17) is 0 Å². The van der Waals surface area contributed by atoms with E-state index in [-0.39, 0.29) is 6.10 Å². The minimum atomic E-state index is -0.209. The maximum Gasteiger partial charge on any atom is 0.0664 e. The number of nitrogens with zero attached hydrogens (tertiary/aromatic N) is 1. The Morgan fingerprint density at radius 3 is 2.88 bits per heavy atom. The Morgan fingerprint density at radius 2 is 2.19 bits per heavy atom. The molecule has 0 aliphatic heterocycles. The smallest absolute Gasteiger partial charge is 0.0664 e. The van der Waals surface area contributed by atoms with Crippen molar-refractivity contribution >= 4 is 0 Å². The summed E-state index contributed by atoms with van der Waals surface area (Å²) in [5.74, 6) is 0. The monoisotopic (exact) mass is 224 g/mol. The molecule has 0 saturated heterocycles. The third kappa shape index (κ3) is 4.37. The molecule has 1 rings (SSSR count). The average Bonchev–Trinajstić information content (AvgIpc) is 2.67. The van der Waals surface area contributed by atoms with Gasteiger partial charge in [-0.05, 0) is 25.0 Å². The molecule has 92 valence electrons. The van der Waals surface area contributed by atoms with Gasteiger partial charge < -0.3 is 15.0 Å². The van der Waals surface area contributed by atoms with Crippen molar-refractivity contribution in [2.75, 3.05) is 6.54 Å². The first-order valence-corrected chi connectivity index (χ1v) is 6.30. The van der Waals surface area contributed by atoms with Crippen LogP contribution in [-0.2, 0) is 13.1 Å². The van der Waals surface area contributed by atoms with E-state index in [9.17, 15) is 5.11 Å². The van der Waals surface area contributed by atoms with Crippen LogP contribution in [-0.4, -0.2) is 22.3 Å². The van der Waals surface area contributed by atoms with Crippen LogP contribution < -0.4 is 5.32 Å². The van der Waals surface area contributed by atoms with Crippen LogP contribution in [0.1, 0.15) is 38.8 Å². The number of nitrogens with one attached hydrogen (secondary N) is 1. The molecule has 1 unspecified atom stereocenters. The van der Waals surface area contributed by atoms with E-state index in [0.29, 0.717) is 6.54 Å². The lowest BCUT2D eigenvalue weighted by Crippen LogP contribution is -2.27. The van der Waals surface area contributed by atoms with Crippen molar-refractivity contribution in [1.82, 2.24) is 9.88 Å². The predicted octanol–water partition coefficient (Wildman–Crippen LogP) is 2.15. The first-order chi connectivity index (χ1) is 7.77. The molecule has 0 aliphatic carbocycles. The molecular formula is C13H24N2O. The molecule has 0 amide bonds. The van der Waals surface area contributed by atoms with Gasteiger partial charge in [-0.2, -0.15) is 0 Å². The first-order valence-electron chi connectivity index (χ1n) is 6.30. The van der Waals surface area contributed by atoms with Gasteiger partial charge in [0.05, 0.1) is 6.10 Å². The van der Waals surface area contributed by atoms with E-state index >= 15 is 0 Å². The highest BCUT2D eigenvalue weighted by Gasteiger charge is 2.03. The van der Waals surface area contributed by atoms with E-state index in [1.807, 2.05) is 0 Å². The molecular weight excluding hydrogens is 200 g/mol. The average molecular weight is 224 g/mol. The predicted molar refractivity (Wildman–Crippen MR) is 67.3 cm³/mol. The van der Waals surface area contributed by atoms with Crippen LogP contribution in [0.25, 0.3) is 0 Å². The summed E-state index contributed by atoms with van der Waals surface area (Å²) in [4.78, 5) is 0. The van der Waals surface area contributed by atoms with Gasteiger partial charge in [-0.25, -0.2) is 0 Å². The second-order valence-corrected chi connectivity index (χ2v) is 4.27. The molecule has 1 atom stereocenters. The molecule has 0 aromatic carbocycles. The molecule has 3 nitrogen and oxygen atoms in total. The quantitative estimate of drug-likeness (QED) is 0.710. The number of aromatic nitrogens is 1. The highest BCUT2D eigenvalue weighted by molar-refractivity contribution is 5.06. The van der Waals surface area contributed by atoms with E-state index in [1.54, 1.807) is 0 Å². The summed E-state index contributed by atoms with van der Waals surface area (Å²) in [6, 6.07) is 4.21. The van der Waals surface area contributed by atoms with Crippen molar-refractivity contribution in [3.63, 3.8) is 0 Å². The topological polar surface area (TPSA) is 37.2 Å². The van der Waals surface area contributed by atoms with Crippen LogP contribution in [0.4, 0.5) is 0 Å². The third-order valence-electron chi connectivity index (χ3n) is 2.70. The van der Waals surface area contributed by atoms with Crippen LogP contribution in [0, 0.1) is 0 Å². The summed E-state index contributed by atoms with van der Waals surface area (Å²) >= 11 is 0. The van der Waals surface area contributed by atoms with E-state index in [1.165, 1.54) is 5.69 Å². The molecule has 0 fully saturated rings. The van der Waals surface area contributed by atoms with Crippen molar-refractivity contribution in [2.24, 2.45) is 0 Å². The zero-order valence-corrected chi connectivity index (χ0v) is 10.4. The standard InChI is InChI=1S/C13H24N2O/c1-3-6-13(16)11-14-10-12-7-5-9-15(12)8-4-2/h5,7,9,13-14,16H,3-4,6,8,10-11H2,1-2H3. The number of rotatable bonds is 8. The fourth-order valence-corrected chi connectivity index (χ4v) is 1.87. The lowest BCUT2D eigenvalue weighted by molar-refractivity contribution is 0.160. The van der Waals surface area contributed by atoms with Gasteiger partial charge in [0, 0.05) is 31.5 Å². The van der Waals surface area contributed by atoms with Crippen molar-refractivity contribution in [3.05, 3.63) is 24.0 Å². The largest absolute Gasteiger partial charge is 0.392 e. The normalized spacial score (nSPS) is 12.9. The molecule has 0 spiro atoms. The Bertz CT molecular complexity index is 283. The van der Waals surface area contributed by atoms with Gasteiger partial charge in [0.2, 0.25) is 0 Å². The number of hydrogen-bond donors (Lipinski definition) is 2. The second kappa shape index (κ2) is 7.47. The molecule has 0 bridgehead atoms. The maximum absolute atomic E-state index is 9.58. The molecule has 0 aliphatic rings. The highest BCUT2D eigenvalue weighted by Crippen LogP contribution is 2.03. The van der Waals surface area contributed by atoms with Crippen LogP contribution >= 0.6 is 0 Å². The van der Waals surface area contributed by atoms with Crippen LogP contribution in [0.3, 0.4) is 0 Å². The Hall–Kier alpha value is -0.800. The van der Waals surface area contributed by atoms with Gasteiger partial charge in [0.1, 0.15) is 0 Å². The Labute approximate surface area is 98.5 Å². The van der Waals surface area contributed by atoms with Gasteiger partial charge in [0.15, 0.2) is 0 Å². The zero-order chi connectivity index (χ0) is 11.8. The fraction of sp³-hybridized carbons (Fsp3) is 0.692. The van der Waals surface area contributed by atoms with Gasteiger partial charge in [-0.15, -0.1) is 0 Å².